The fraction of sp³-hybridized carbons (Fsp3) is 0.250. The average molecular weight is 492 g/mol. The highest BCUT2D eigenvalue weighted by molar-refractivity contribution is 9.10. The van der Waals surface area contributed by atoms with Gasteiger partial charge in [0.2, 0.25) is 11.1 Å². The molecule has 0 bridgehead atoms. The standard InChI is InChI=1S/C20H19BrFN5O2S/c1-3-29-14-7-4-12(5-8-14)17-18(30-20-25-24-11(2)27(20)26-17)19(28)23-16-9-6-13(21)10-15(16)22/h4-10,17-18,26H,3H2,1-2H3,(H,23,28)/t17-,18-/m1/s1. The first-order valence-corrected chi connectivity index (χ1v) is 11.0. The third-order valence-corrected chi connectivity index (χ3v) is 6.30. The summed E-state index contributed by atoms with van der Waals surface area (Å²) in [4.78, 5) is 13.1. The molecule has 10 heteroatoms. The predicted octanol–water partition coefficient (Wildman–Crippen LogP) is 4.28. The van der Waals surface area contributed by atoms with Crippen LogP contribution in [0.5, 0.6) is 5.75 Å². The Morgan fingerprint density at radius 2 is 2.07 bits per heavy atom. The highest BCUT2D eigenvalue weighted by Crippen LogP contribution is 2.38. The maximum absolute atomic E-state index is 14.2. The van der Waals surface area contributed by atoms with Crippen LogP contribution in [0.2, 0.25) is 0 Å². The number of anilines is 1. The molecule has 2 heterocycles. The van der Waals surface area contributed by atoms with Gasteiger partial charge in [-0.05, 0) is 49.7 Å². The summed E-state index contributed by atoms with van der Waals surface area (Å²) in [6, 6.07) is 11.7. The van der Waals surface area contributed by atoms with E-state index < -0.39 is 11.1 Å². The van der Waals surface area contributed by atoms with Crippen molar-refractivity contribution in [1.29, 1.82) is 0 Å². The summed E-state index contributed by atoms with van der Waals surface area (Å²) in [5.74, 6) is 0.595. The maximum atomic E-state index is 14.2. The molecule has 0 fully saturated rings. The van der Waals surface area contributed by atoms with E-state index in [4.69, 9.17) is 4.74 Å². The summed E-state index contributed by atoms with van der Waals surface area (Å²) < 4.78 is 22.1. The summed E-state index contributed by atoms with van der Waals surface area (Å²) in [5.41, 5.74) is 4.33. The Bertz CT molecular complexity index is 1080. The average Bonchev–Trinajstić information content (AvgIpc) is 3.10. The normalized spacial score (nSPS) is 17.7. The van der Waals surface area contributed by atoms with Crippen LogP contribution in [-0.4, -0.2) is 32.6 Å². The van der Waals surface area contributed by atoms with Crippen LogP contribution >= 0.6 is 27.7 Å². The van der Waals surface area contributed by atoms with Gasteiger partial charge >= 0.3 is 0 Å². The number of rotatable bonds is 5. The molecule has 156 valence electrons. The SMILES string of the molecule is CCOc1ccc([C@H]2Nn3c(C)nnc3S[C@H]2C(=O)Nc2ccc(Br)cc2F)cc1. The minimum Gasteiger partial charge on any atom is -0.494 e. The van der Waals surface area contributed by atoms with Gasteiger partial charge in [0.05, 0.1) is 18.3 Å². The van der Waals surface area contributed by atoms with Crippen molar-refractivity contribution in [3.05, 3.63) is 64.1 Å². The van der Waals surface area contributed by atoms with Gasteiger partial charge in [-0.25, -0.2) is 9.07 Å². The molecule has 0 saturated carbocycles. The van der Waals surface area contributed by atoms with Gasteiger partial charge in [-0.1, -0.05) is 39.8 Å². The summed E-state index contributed by atoms with van der Waals surface area (Å²) >= 11 is 4.50. The first-order chi connectivity index (χ1) is 14.5. The number of hydrogen-bond donors (Lipinski definition) is 2. The molecule has 1 aliphatic rings. The van der Waals surface area contributed by atoms with Gasteiger partial charge in [-0.2, -0.15) is 0 Å². The van der Waals surface area contributed by atoms with Crippen LogP contribution in [0.4, 0.5) is 10.1 Å². The van der Waals surface area contributed by atoms with Crippen molar-refractivity contribution in [2.24, 2.45) is 0 Å². The van der Waals surface area contributed by atoms with E-state index in [9.17, 15) is 9.18 Å². The van der Waals surface area contributed by atoms with E-state index in [1.54, 1.807) is 10.7 Å². The molecule has 1 aliphatic heterocycles. The van der Waals surface area contributed by atoms with Crippen molar-refractivity contribution in [2.75, 3.05) is 17.3 Å². The number of benzene rings is 2. The van der Waals surface area contributed by atoms with Gasteiger partial charge in [-0.3, -0.25) is 4.79 Å². The van der Waals surface area contributed by atoms with E-state index in [1.807, 2.05) is 38.1 Å². The van der Waals surface area contributed by atoms with Crippen molar-refractivity contribution in [2.45, 2.75) is 30.3 Å². The summed E-state index contributed by atoms with van der Waals surface area (Å²) in [6.07, 6.45) is 0. The van der Waals surface area contributed by atoms with Crippen molar-refractivity contribution >= 4 is 39.3 Å². The van der Waals surface area contributed by atoms with Gasteiger partial charge < -0.3 is 15.5 Å². The second-order valence-corrected chi connectivity index (χ2v) is 8.65. The Morgan fingerprint density at radius 3 is 2.77 bits per heavy atom. The molecule has 7 nitrogen and oxygen atoms in total. The Kier molecular flexibility index (Phi) is 5.96. The van der Waals surface area contributed by atoms with E-state index in [0.29, 0.717) is 22.1 Å². The van der Waals surface area contributed by atoms with Gasteiger partial charge in [0.15, 0.2) is 0 Å². The minimum atomic E-state index is -0.595. The number of ether oxygens (including phenoxy) is 1. The van der Waals surface area contributed by atoms with Crippen LogP contribution < -0.4 is 15.5 Å². The molecule has 0 saturated heterocycles. The second kappa shape index (κ2) is 8.65. The Hall–Kier alpha value is -2.59. The Labute approximate surface area is 185 Å². The Morgan fingerprint density at radius 1 is 1.30 bits per heavy atom. The van der Waals surface area contributed by atoms with E-state index in [1.165, 1.54) is 23.9 Å². The van der Waals surface area contributed by atoms with E-state index in [-0.39, 0.29) is 17.6 Å². The van der Waals surface area contributed by atoms with Crippen LogP contribution in [0.25, 0.3) is 0 Å². The van der Waals surface area contributed by atoms with Crippen molar-refractivity contribution in [1.82, 2.24) is 14.9 Å². The van der Waals surface area contributed by atoms with E-state index in [0.717, 1.165) is 11.3 Å². The number of carbonyl (C=O) groups is 1. The Balaban J connectivity index is 1.64. The molecular formula is C20H19BrFN5O2S. The number of carbonyl (C=O) groups excluding carboxylic acids is 1. The number of aryl methyl sites for hydroxylation is 1. The lowest BCUT2D eigenvalue weighted by Gasteiger charge is -2.32. The van der Waals surface area contributed by atoms with E-state index >= 15 is 0 Å². The highest BCUT2D eigenvalue weighted by atomic mass is 79.9. The molecule has 2 N–H and O–H groups in total. The third-order valence-electron chi connectivity index (χ3n) is 4.60. The zero-order valence-electron chi connectivity index (χ0n) is 16.2. The third kappa shape index (κ3) is 4.15. The first-order valence-electron chi connectivity index (χ1n) is 9.30. The topological polar surface area (TPSA) is 81.1 Å². The summed E-state index contributed by atoms with van der Waals surface area (Å²) in [7, 11) is 0. The first kappa shape index (κ1) is 20.7. The van der Waals surface area contributed by atoms with Gasteiger partial charge in [-0.15, -0.1) is 10.2 Å². The number of thioether (sulfide) groups is 1. The van der Waals surface area contributed by atoms with Crippen molar-refractivity contribution in [3.63, 3.8) is 0 Å². The number of nitrogens with zero attached hydrogens (tertiary/aromatic N) is 3. The lowest BCUT2D eigenvalue weighted by molar-refractivity contribution is -0.116. The monoisotopic (exact) mass is 491 g/mol. The maximum Gasteiger partial charge on any atom is 0.240 e. The number of amides is 1. The molecular weight excluding hydrogens is 473 g/mol. The molecule has 2 aromatic carbocycles. The van der Waals surface area contributed by atoms with Gasteiger partial charge in [0, 0.05) is 4.47 Å². The molecule has 1 amide bonds. The fourth-order valence-electron chi connectivity index (χ4n) is 3.14. The number of nitrogens with one attached hydrogen (secondary N) is 2. The van der Waals surface area contributed by atoms with Crippen molar-refractivity contribution in [3.8, 4) is 5.75 Å². The number of fused-ring (bicyclic) bond motifs is 1. The zero-order chi connectivity index (χ0) is 21.3. The molecule has 2 atom stereocenters. The van der Waals surface area contributed by atoms with Gasteiger partial charge in [0.25, 0.3) is 0 Å². The van der Waals surface area contributed by atoms with Crippen LogP contribution in [0.1, 0.15) is 24.4 Å². The van der Waals surface area contributed by atoms with Crippen LogP contribution in [0.15, 0.2) is 52.1 Å². The molecule has 0 aliphatic carbocycles. The molecule has 0 spiro atoms. The molecule has 1 aromatic heterocycles. The van der Waals surface area contributed by atoms with Crippen molar-refractivity contribution < 1.29 is 13.9 Å². The van der Waals surface area contributed by atoms with Crippen LogP contribution in [-0.2, 0) is 4.79 Å². The molecule has 0 unspecified atom stereocenters. The fourth-order valence-corrected chi connectivity index (χ4v) is 4.60. The summed E-state index contributed by atoms with van der Waals surface area (Å²) in [6.45, 7) is 4.33. The quantitative estimate of drug-likeness (QED) is 0.554. The molecule has 30 heavy (non-hydrogen) atoms. The zero-order valence-corrected chi connectivity index (χ0v) is 18.6. The second-order valence-electron chi connectivity index (χ2n) is 6.63. The summed E-state index contributed by atoms with van der Waals surface area (Å²) in [5, 5.41) is 10.9. The number of aromatic nitrogens is 3. The molecule has 0 radical (unpaired) electrons. The van der Waals surface area contributed by atoms with Gasteiger partial charge in [0.1, 0.15) is 22.6 Å². The smallest absolute Gasteiger partial charge is 0.240 e. The lowest BCUT2D eigenvalue weighted by atomic mass is 10.0. The largest absolute Gasteiger partial charge is 0.494 e. The molecule has 3 aromatic rings. The van der Waals surface area contributed by atoms with Crippen LogP contribution in [0, 0.1) is 12.7 Å². The van der Waals surface area contributed by atoms with Crippen LogP contribution in [0.3, 0.4) is 0 Å². The molecule has 4 rings (SSSR count). The number of hydrogen-bond acceptors (Lipinski definition) is 6. The lowest BCUT2D eigenvalue weighted by Crippen LogP contribution is -2.41. The van der Waals surface area contributed by atoms with E-state index in [2.05, 4.69) is 36.9 Å². The minimum absolute atomic E-state index is 0.123. The number of halogens is 2. The predicted molar refractivity (Wildman–Crippen MR) is 117 cm³/mol. The highest BCUT2D eigenvalue weighted by Gasteiger charge is 2.37.